The third kappa shape index (κ3) is 2.76. The lowest BCUT2D eigenvalue weighted by Gasteiger charge is -2.23. The summed E-state index contributed by atoms with van der Waals surface area (Å²) in [5.74, 6) is -0.857. The maximum Gasteiger partial charge on any atom is 0.273 e. The molecule has 5 heteroatoms. The Kier molecular flexibility index (Phi) is 3.95. The summed E-state index contributed by atoms with van der Waals surface area (Å²) < 4.78 is 12.6. The summed E-state index contributed by atoms with van der Waals surface area (Å²) in [5, 5.41) is 8.60. The molecule has 0 saturated heterocycles. The Hall–Kier alpha value is -1.96. The first-order valence-corrected chi connectivity index (χ1v) is 4.85. The Morgan fingerprint density at radius 2 is 2.31 bits per heavy atom. The summed E-state index contributed by atoms with van der Waals surface area (Å²) in [4.78, 5) is 16.9. The minimum absolute atomic E-state index is 0.00441. The van der Waals surface area contributed by atoms with Gasteiger partial charge in [0, 0.05) is 6.04 Å². The van der Waals surface area contributed by atoms with E-state index in [1.165, 1.54) is 17.0 Å². The van der Waals surface area contributed by atoms with Gasteiger partial charge in [-0.15, -0.1) is 0 Å². The molecule has 0 radical (unpaired) electrons. The van der Waals surface area contributed by atoms with E-state index < -0.39 is 5.82 Å². The molecular weight excluding hydrogens is 209 g/mol. The Bertz CT molecular complexity index is 408. The normalized spacial score (nSPS) is 9.94. The van der Waals surface area contributed by atoms with Gasteiger partial charge in [-0.2, -0.15) is 5.26 Å². The number of amides is 1. The SMILES string of the molecule is CC(C)N(CC#N)C(=O)c1ccc(F)cn1. The largest absolute Gasteiger partial charge is 0.322 e. The summed E-state index contributed by atoms with van der Waals surface area (Å²) in [5.41, 5.74) is 0.144. The van der Waals surface area contributed by atoms with Crippen molar-refractivity contribution in [2.24, 2.45) is 0 Å². The highest BCUT2D eigenvalue weighted by Gasteiger charge is 2.19. The first kappa shape index (κ1) is 12.1. The van der Waals surface area contributed by atoms with Crippen molar-refractivity contribution in [3.8, 4) is 6.07 Å². The number of carbonyl (C=O) groups is 1. The molecule has 16 heavy (non-hydrogen) atoms. The molecule has 0 saturated carbocycles. The van der Waals surface area contributed by atoms with Crippen LogP contribution in [0.2, 0.25) is 0 Å². The van der Waals surface area contributed by atoms with Crippen LogP contribution in [-0.2, 0) is 0 Å². The van der Waals surface area contributed by atoms with Gasteiger partial charge in [-0.25, -0.2) is 9.37 Å². The quantitative estimate of drug-likeness (QED) is 0.728. The zero-order chi connectivity index (χ0) is 12.1. The van der Waals surface area contributed by atoms with E-state index in [0.717, 1.165) is 6.20 Å². The number of nitrogens with zero attached hydrogens (tertiary/aromatic N) is 3. The van der Waals surface area contributed by atoms with Crippen molar-refractivity contribution in [2.45, 2.75) is 19.9 Å². The van der Waals surface area contributed by atoms with Gasteiger partial charge < -0.3 is 4.90 Å². The van der Waals surface area contributed by atoms with Gasteiger partial charge in [-0.3, -0.25) is 4.79 Å². The fourth-order valence-corrected chi connectivity index (χ4v) is 1.21. The van der Waals surface area contributed by atoms with Gasteiger partial charge in [0.05, 0.1) is 12.3 Å². The number of hydrogen-bond acceptors (Lipinski definition) is 3. The second kappa shape index (κ2) is 5.21. The van der Waals surface area contributed by atoms with Gasteiger partial charge >= 0.3 is 0 Å². The van der Waals surface area contributed by atoms with Crippen molar-refractivity contribution in [1.29, 1.82) is 5.26 Å². The predicted octanol–water partition coefficient (Wildman–Crippen LogP) is 1.59. The Morgan fingerprint density at radius 1 is 1.62 bits per heavy atom. The van der Waals surface area contributed by atoms with E-state index in [1.807, 2.05) is 6.07 Å². The van der Waals surface area contributed by atoms with Crippen molar-refractivity contribution in [3.63, 3.8) is 0 Å². The summed E-state index contributed by atoms with van der Waals surface area (Å²) in [6.45, 7) is 3.60. The van der Waals surface area contributed by atoms with Gasteiger partial charge in [0.25, 0.3) is 5.91 Å². The van der Waals surface area contributed by atoms with Gasteiger partial charge in [-0.1, -0.05) is 0 Å². The molecule has 0 aromatic carbocycles. The molecule has 0 aliphatic heterocycles. The number of carbonyl (C=O) groups excluding carboxylic acids is 1. The maximum absolute atomic E-state index is 12.6. The molecule has 0 aliphatic carbocycles. The second-order valence-corrected chi connectivity index (χ2v) is 3.55. The average molecular weight is 221 g/mol. The maximum atomic E-state index is 12.6. The molecule has 1 heterocycles. The molecule has 4 nitrogen and oxygen atoms in total. The Labute approximate surface area is 93.3 Å². The molecule has 1 amide bonds. The number of halogens is 1. The fraction of sp³-hybridized carbons (Fsp3) is 0.364. The molecule has 1 rings (SSSR count). The van der Waals surface area contributed by atoms with Gasteiger partial charge in [0.15, 0.2) is 0 Å². The van der Waals surface area contributed by atoms with E-state index in [1.54, 1.807) is 13.8 Å². The number of hydrogen-bond donors (Lipinski definition) is 0. The minimum atomic E-state index is -0.493. The molecular formula is C11H12FN3O. The monoisotopic (exact) mass is 221 g/mol. The molecule has 0 aliphatic rings. The lowest BCUT2D eigenvalue weighted by molar-refractivity contribution is 0.0725. The third-order valence-corrected chi connectivity index (χ3v) is 2.07. The van der Waals surface area contributed by atoms with Crippen LogP contribution >= 0.6 is 0 Å². The van der Waals surface area contributed by atoms with Crippen LogP contribution in [0.4, 0.5) is 4.39 Å². The molecule has 84 valence electrons. The van der Waals surface area contributed by atoms with E-state index in [2.05, 4.69) is 4.98 Å². The van der Waals surface area contributed by atoms with Crippen molar-refractivity contribution >= 4 is 5.91 Å². The molecule has 0 spiro atoms. The lowest BCUT2D eigenvalue weighted by atomic mass is 10.2. The summed E-state index contributed by atoms with van der Waals surface area (Å²) in [7, 11) is 0. The van der Waals surface area contributed by atoms with Crippen LogP contribution in [0, 0.1) is 17.1 Å². The molecule has 0 fully saturated rings. The van der Waals surface area contributed by atoms with Gasteiger partial charge in [-0.05, 0) is 26.0 Å². The summed E-state index contributed by atoms with van der Waals surface area (Å²) in [6, 6.07) is 4.30. The summed E-state index contributed by atoms with van der Waals surface area (Å²) in [6.07, 6.45) is 0.984. The number of rotatable bonds is 3. The molecule has 0 N–H and O–H groups in total. The topological polar surface area (TPSA) is 57.0 Å². The van der Waals surface area contributed by atoms with E-state index >= 15 is 0 Å². The van der Waals surface area contributed by atoms with Crippen LogP contribution in [-0.4, -0.2) is 28.4 Å². The van der Waals surface area contributed by atoms with Crippen molar-refractivity contribution in [3.05, 3.63) is 29.8 Å². The first-order chi connectivity index (χ1) is 7.56. The third-order valence-electron chi connectivity index (χ3n) is 2.07. The molecule has 0 atom stereocenters. The fourth-order valence-electron chi connectivity index (χ4n) is 1.21. The minimum Gasteiger partial charge on any atom is -0.322 e. The van der Waals surface area contributed by atoms with Gasteiger partial charge in [0.2, 0.25) is 0 Å². The van der Waals surface area contributed by atoms with Gasteiger partial charge in [0.1, 0.15) is 18.1 Å². The average Bonchev–Trinajstić information content (AvgIpc) is 2.25. The summed E-state index contributed by atoms with van der Waals surface area (Å²) >= 11 is 0. The number of nitriles is 1. The zero-order valence-electron chi connectivity index (χ0n) is 9.14. The predicted molar refractivity (Wildman–Crippen MR) is 56.0 cm³/mol. The molecule has 1 aromatic heterocycles. The van der Waals surface area contributed by atoms with Crippen LogP contribution in [0.3, 0.4) is 0 Å². The van der Waals surface area contributed by atoms with Crippen molar-refractivity contribution in [1.82, 2.24) is 9.88 Å². The van der Waals surface area contributed by atoms with E-state index in [4.69, 9.17) is 5.26 Å². The Morgan fingerprint density at radius 3 is 2.75 bits per heavy atom. The Balaban J connectivity index is 2.91. The van der Waals surface area contributed by atoms with E-state index in [-0.39, 0.29) is 24.2 Å². The van der Waals surface area contributed by atoms with Crippen LogP contribution in [0.15, 0.2) is 18.3 Å². The highest BCUT2D eigenvalue weighted by molar-refractivity contribution is 5.92. The molecule has 0 bridgehead atoms. The number of pyridine rings is 1. The van der Waals surface area contributed by atoms with Crippen LogP contribution in [0.1, 0.15) is 24.3 Å². The van der Waals surface area contributed by atoms with E-state index in [9.17, 15) is 9.18 Å². The highest BCUT2D eigenvalue weighted by atomic mass is 19.1. The van der Waals surface area contributed by atoms with Crippen molar-refractivity contribution in [2.75, 3.05) is 6.54 Å². The molecule has 0 unspecified atom stereocenters. The highest BCUT2D eigenvalue weighted by Crippen LogP contribution is 2.06. The van der Waals surface area contributed by atoms with E-state index in [0.29, 0.717) is 0 Å². The zero-order valence-corrected chi connectivity index (χ0v) is 9.14. The lowest BCUT2D eigenvalue weighted by Crippen LogP contribution is -2.37. The smallest absolute Gasteiger partial charge is 0.273 e. The first-order valence-electron chi connectivity index (χ1n) is 4.85. The molecule has 1 aromatic rings. The van der Waals surface area contributed by atoms with Crippen LogP contribution < -0.4 is 0 Å². The van der Waals surface area contributed by atoms with Crippen LogP contribution in [0.25, 0.3) is 0 Å². The number of aromatic nitrogens is 1. The second-order valence-electron chi connectivity index (χ2n) is 3.55. The standard InChI is InChI=1S/C11H12FN3O/c1-8(2)15(6-5-13)11(16)10-4-3-9(12)7-14-10/h3-4,7-8H,6H2,1-2H3. The van der Waals surface area contributed by atoms with Crippen molar-refractivity contribution < 1.29 is 9.18 Å². The van der Waals surface area contributed by atoms with Crippen LogP contribution in [0.5, 0.6) is 0 Å².